The molecule has 0 radical (unpaired) electrons. The topological polar surface area (TPSA) is 79.0 Å². The molecule has 2 rings (SSSR count). The molecule has 1 aliphatic rings. The molecule has 1 atom stereocenters. The van der Waals surface area contributed by atoms with Crippen LogP contribution >= 0.6 is 0 Å². The van der Waals surface area contributed by atoms with Crippen molar-refractivity contribution in [3.05, 3.63) is 12.0 Å². The summed E-state index contributed by atoms with van der Waals surface area (Å²) in [5, 5.41) is 9.15. The van der Waals surface area contributed by atoms with Crippen molar-refractivity contribution in [2.45, 2.75) is 50.7 Å². The molecule has 0 spiro atoms. The van der Waals surface area contributed by atoms with Crippen LogP contribution in [0.25, 0.3) is 0 Å². The number of piperidine rings is 1. The third-order valence-corrected chi connectivity index (χ3v) is 5.25. The van der Waals surface area contributed by atoms with Gasteiger partial charge < -0.3 is 4.57 Å². The van der Waals surface area contributed by atoms with Crippen LogP contribution in [0.2, 0.25) is 0 Å². The number of sulfonamides is 1. The number of nitriles is 1. The molecule has 1 aliphatic heterocycles. The van der Waals surface area contributed by atoms with Crippen molar-refractivity contribution in [2.24, 2.45) is 0 Å². The van der Waals surface area contributed by atoms with Crippen molar-refractivity contribution in [3.8, 4) is 6.07 Å². The molecule has 0 amide bonds. The fraction of sp³-hybridized carbons (Fsp3) is 0.667. The van der Waals surface area contributed by atoms with Crippen molar-refractivity contribution in [2.75, 3.05) is 6.54 Å². The second-order valence-electron chi connectivity index (χ2n) is 4.67. The quantitative estimate of drug-likeness (QED) is 0.836. The van der Waals surface area contributed by atoms with Gasteiger partial charge in [0, 0.05) is 19.3 Å². The first-order chi connectivity index (χ1) is 9.00. The lowest BCUT2D eigenvalue weighted by Gasteiger charge is -2.29. The van der Waals surface area contributed by atoms with Gasteiger partial charge in [0.25, 0.3) is 10.0 Å². The maximum Gasteiger partial charge on any atom is 0.263 e. The van der Waals surface area contributed by atoms with Crippen LogP contribution in [-0.2, 0) is 16.6 Å². The largest absolute Gasteiger partial charge is 0.334 e. The Morgan fingerprint density at radius 3 is 2.84 bits per heavy atom. The number of aryl methyl sites for hydroxylation is 2. The molecule has 0 bridgehead atoms. The summed E-state index contributed by atoms with van der Waals surface area (Å²) in [6.07, 6.45) is 3.84. The van der Waals surface area contributed by atoms with Crippen LogP contribution in [0.3, 0.4) is 0 Å². The van der Waals surface area contributed by atoms with Gasteiger partial charge in [-0.3, -0.25) is 0 Å². The molecule has 0 N–H and O–H groups in total. The van der Waals surface area contributed by atoms with Crippen LogP contribution in [0.15, 0.2) is 11.2 Å². The normalized spacial score (nSPS) is 21.2. The highest BCUT2D eigenvalue weighted by molar-refractivity contribution is 7.89. The van der Waals surface area contributed by atoms with Gasteiger partial charge in [-0.1, -0.05) is 0 Å². The van der Waals surface area contributed by atoms with Crippen molar-refractivity contribution >= 4 is 10.0 Å². The van der Waals surface area contributed by atoms with Gasteiger partial charge in [0.15, 0.2) is 5.03 Å². The van der Waals surface area contributed by atoms with Crippen LogP contribution in [0, 0.1) is 18.3 Å². The SMILES string of the molecule is CCn1cc(S(=O)(=O)N2CCCCC2C#N)nc1C. The molecular formula is C12H18N4O2S. The Balaban J connectivity index is 2.38. The van der Waals surface area contributed by atoms with E-state index in [1.807, 2.05) is 6.92 Å². The zero-order valence-electron chi connectivity index (χ0n) is 11.2. The molecule has 0 aliphatic carbocycles. The minimum Gasteiger partial charge on any atom is -0.334 e. The first-order valence-electron chi connectivity index (χ1n) is 6.46. The molecule has 104 valence electrons. The maximum atomic E-state index is 12.5. The highest BCUT2D eigenvalue weighted by Crippen LogP contribution is 2.24. The second kappa shape index (κ2) is 5.31. The molecular weight excluding hydrogens is 264 g/mol. The zero-order valence-corrected chi connectivity index (χ0v) is 12.0. The Labute approximate surface area is 113 Å². The first-order valence-corrected chi connectivity index (χ1v) is 7.90. The Bertz CT molecular complexity index is 600. The zero-order chi connectivity index (χ0) is 14.0. The van der Waals surface area contributed by atoms with Gasteiger partial charge in [-0.25, -0.2) is 13.4 Å². The van der Waals surface area contributed by atoms with Crippen molar-refractivity contribution in [1.82, 2.24) is 13.9 Å². The van der Waals surface area contributed by atoms with Gasteiger partial charge >= 0.3 is 0 Å². The van der Waals surface area contributed by atoms with E-state index >= 15 is 0 Å². The van der Waals surface area contributed by atoms with Gasteiger partial charge in [0.05, 0.1) is 6.07 Å². The van der Waals surface area contributed by atoms with Crippen molar-refractivity contribution in [3.63, 3.8) is 0 Å². The van der Waals surface area contributed by atoms with Crippen LogP contribution in [0.1, 0.15) is 32.0 Å². The van der Waals surface area contributed by atoms with E-state index < -0.39 is 16.1 Å². The standard InChI is InChI=1S/C12H18N4O2S/c1-3-15-9-12(14-10(15)2)19(17,18)16-7-5-4-6-11(16)8-13/h9,11H,3-7H2,1-2H3. The summed E-state index contributed by atoms with van der Waals surface area (Å²) in [6, 6.07) is 1.51. The van der Waals surface area contributed by atoms with Gasteiger partial charge in [-0.15, -0.1) is 0 Å². The number of hydrogen-bond donors (Lipinski definition) is 0. The van der Waals surface area contributed by atoms with Gasteiger partial charge in [0.1, 0.15) is 11.9 Å². The van der Waals surface area contributed by atoms with E-state index in [0.717, 1.165) is 12.8 Å². The molecule has 7 heteroatoms. The lowest BCUT2D eigenvalue weighted by atomic mass is 10.1. The van der Waals surface area contributed by atoms with E-state index in [1.54, 1.807) is 17.7 Å². The average Bonchev–Trinajstić information content (AvgIpc) is 2.80. The smallest absolute Gasteiger partial charge is 0.263 e. The molecule has 1 saturated heterocycles. The fourth-order valence-corrected chi connectivity index (χ4v) is 3.97. The Morgan fingerprint density at radius 1 is 1.53 bits per heavy atom. The number of hydrogen-bond acceptors (Lipinski definition) is 4. The van der Waals surface area contributed by atoms with Gasteiger partial charge in [0.2, 0.25) is 0 Å². The number of imidazole rings is 1. The minimum absolute atomic E-state index is 0.0500. The van der Waals surface area contributed by atoms with Crippen LogP contribution in [-0.4, -0.2) is 34.9 Å². The molecule has 1 aromatic heterocycles. The predicted octanol–water partition coefficient (Wildman–Crippen LogP) is 1.28. The lowest BCUT2D eigenvalue weighted by molar-refractivity contribution is 0.296. The number of aromatic nitrogens is 2. The van der Waals surface area contributed by atoms with E-state index in [0.29, 0.717) is 25.3 Å². The number of rotatable bonds is 3. The molecule has 1 aromatic rings. The third kappa shape index (κ3) is 2.51. The molecule has 1 unspecified atom stereocenters. The van der Waals surface area contributed by atoms with Crippen LogP contribution in [0.4, 0.5) is 0 Å². The first kappa shape index (κ1) is 14.0. The second-order valence-corrected chi connectivity index (χ2v) is 6.51. The van der Waals surface area contributed by atoms with Gasteiger partial charge in [-0.2, -0.15) is 9.57 Å². The Hall–Kier alpha value is -1.39. The van der Waals surface area contributed by atoms with Crippen LogP contribution in [0.5, 0.6) is 0 Å². The van der Waals surface area contributed by atoms with E-state index in [-0.39, 0.29) is 5.03 Å². The maximum absolute atomic E-state index is 12.5. The summed E-state index contributed by atoms with van der Waals surface area (Å²) in [5.41, 5.74) is 0. The fourth-order valence-electron chi connectivity index (χ4n) is 2.37. The molecule has 0 aromatic carbocycles. The third-order valence-electron chi connectivity index (χ3n) is 3.47. The van der Waals surface area contributed by atoms with Crippen LogP contribution < -0.4 is 0 Å². The van der Waals surface area contributed by atoms with E-state index in [9.17, 15) is 8.42 Å². The van der Waals surface area contributed by atoms with Crippen molar-refractivity contribution in [1.29, 1.82) is 5.26 Å². The molecule has 1 fully saturated rings. The summed E-state index contributed by atoms with van der Waals surface area (Å²) in [6.45, 7) is 4.79. The highest BCUT2D eigenvalue weighted by atomic mass is 32.2. The molecule has 6 nitrogen and oxygen atoms in total. The summed E-state index contributed by atoms with van der Waals surface area (Å²) in [4.78, 5) is 4.12. The van der Waals surface area contributed by atoms with E-state index in [1.165, 1.54) is 4.31 Å². The summed E-state index contributed by atoms with van der Waals surface area (Å²) < 4.78 is 28.2. The molecule has 2 heterocycles. The lowest BCUT2D eigenvalue weighted by Crippen LogP contribution is -2.42. The summed E-state index contributed by atoms with van der Waals surface area (Å²) in [7, 11) is -3.66. The van der Waals surface area contributed by atoms with Gasteiger partial charge in [-0.05, 0) is 33.1 Å². The average molecular weight is 282 g/mol. The molecule has 19 heavy (non-hydrogen) atoms. The van der Waals surface area contributed by atoms with E-state index in [4.69, 9.17) is 5.26 Å². The molecule has 0 saturated carbocycles. The Morgan fingerprint density at radius 2 is 2.26 bits per heavy atom. The Kier molecular flexibility index (Phi) is 3.92. The highest BCUT2D eigenvalue weighted by Gasteiger charge is 2.35. The number of nitrogens with zero attached hydrogens (tertiary/aromatic N) is 4. The predicted molar refractivity (Wildman–Crippen MR) is 69.8 cm³/mol. The van der Waals surface area contributed by atoms with E-state index in [2.05, 4.69) is 11.1 Å². The summed E-state index contributed by atoms with van der Waals surface area (Å²) in [5.74, 6) is 0.673. The van der Waals surface area contributed by atoms with Crippen molar-refractivity contribution < 1.29 is 8.42 Å². The monoisotopic (exact) mass is 282 g/mol. The summed E-state index contributed by atoms with van der Waals surface area (Å²) >= 11 is 0. The minimum atomic E-state index is -3.66.